The van der Waals surface area contributed by atoms with Crippen molar-refractivity contribution in [2.75, 3.05) is 0 Å². The summed E-state index contributed by atoms with van der Waals surface area (Å²) in [4.78, 5) is 12.9. The number of hydrogen-bond acceptors (Lipinski definition) is 3. The molecule has 7 heteroatoms. The summed E-state index contributed by atoms with van der Waals surface area (Å²) in [6.45, 7) is 0. The van der Waals surface area contributed by atoms with E-state index in [1.54, 1.807) is 18.2 Å². The Labute approximate surface area is 188 Å². The lowest BCUT2D eigenvalue weighted by molar-refractivity contribution is -0.137. The molecule has 0 saturated carbocycles. The highest BCUT2D eigenvalue weighted by atomic mass is 19.4. The van der Waals surface area contributed by atoms with Crippen LogP contribution in [0.4, 0.5) is 13.2 Å². The molecule has 4 aromatic rings. The number of carbonyl (C=O) groups is 1. The van der Waals surface area contributed by atoms with E-state index in [9.17, 15) is 18.0 Å². The lowest BCUT2D eigenvalue weighted by Crippen LogP contribution is -2.07. The summed E-state index contributed by atoms with van der Waals surface area (Å²) < 4.78 is 40.9. The van der Waals surface area contributed by atoms with Gasteiger partial charge in [0.05, 0.1) is 16.9 Å². The van der Waals surface area contributed by atoms with E-state index in [4.69, 9.17) is 0 Å². The first kappa shape index (κ1) is 22.0. The molecule has 0 aliphatic heterocycles. The Morgan fingerprint density at radius 3 is 2.06 bits per heavy atom. The van der Waals surface area contributed by atoms with Crippen LogP contribution in [0.2, 0.25) is 0 Å². The largest absolute Gasteiger partial charge is 0.416 e. The van der Waals surface area contributed by atoms with Gasteiger partial charge in [0.2, 0.25) is 5.78 Å². The maximum Gasteiger partial charge on any atom is 0.416 e. The van der Waals surface area contributed by atoms with Gasteiger partial charge in [-0.2, -0.15) is 13.2 Å². The summed E-state index contributed by atoms with van der Waals surface area (Å²) in [5.41, 5.74) is 1.33. The van der Waals surface area contributed by atoms with Crippen LogP contribution < -0.4 is 0 Å². The molecule has 0 aliphatic rings. The van der Waals surface area contributed by atoms with Crippen molar-refractivity contribution in [2.24, 2.45) is 0 Å². The molecule has 0 saturated heterocycles. The fourth-order valence-corrected chi connectivity index (χ4v) is 3.17. The Kier molecular flexibility index (Phi) is 6.31. The monoisotopic (exact) mass is 445 g/mol. The Balaban J connectivity index is 1.76. The van der Waals surface area contributed by atoms with Gasteiger partial charge >= 0.3 is 6.18 Å². The van der Waals surface area contributed by atoms with Gasteiger partial charge in [0.15, 0.2) is 5.69 Å². The van der Waals surface area contributed by atoms with Gasteiger partial charge in [0.25, 0.3) is 0 Å². The van der Waals surface area contributed by atoms with Gasteiger partial charge in [0.1, 0.15) is 0 Å². The fourth-order valence-electron chi connectivity index (χ4n) is 3.17. The van der Waals surface area contributed by atoms with E-state index in [1.165, 1.54) is 22.9 Å². The molecule has 0 N–H and O–H groups in total. The SMILES string of the molecule is O=C(/C=C/c1ccccc1)c1nnn(-c2cccc(C(F)(F)F)c2)c1/C=C/c1ccccc1. The van der Waals surface area contributed by atoms with E-state index < -0.39 is 17.5 Å². The van der Waals surface area contributed by atoms with Gasteiger partial charge in [-0.15, -0.1) is 5.10 Å². The molecular formula is C26H18F3N3O. The van der Waals surface area contributed by atoms with E-state index in [-0.39, 0.29) is 17.1 Å². The molecule has 0 spiro atoms. The molecule has 0 atom stereocenters. The summed E-state index contributed by atoms with van der Waals surface area (Å²) in [7, 11) is 0. The maximum absolute atomic E-state index is 13.2. The Bertz CT molecular complexity index is 1310. The lowest BCUT2D eigenvalue weighted by atomic mass is 10.1. The first-order valence-corrected chi connectivity index (χ1v) is 10.1. The molecule has 33 heavy (non-hydrogen) atoms. The van der Waals surface area contributed by atoms with E-state index in [0.717, 1.165) is 23.3 Å². The van der Waals surface area contributed by atoms with Crippen molar-refractivity contribution in [2.45, 2.75) is 6.18 Å². The second-order valence-corrected chi connectivity index (χ2v) is 7.14. The number of nitrogens with zero attached hydrogens (tertiary/aromatic N) is 3. The normalized spacial score (nSPS) is 12.0. The summed E-state index contributed by atoms with van der Waals surface area (Å²) in [5.74, 6) is -0.412. The molecule has 0 aliphatic carbocycles. The smallest absolute Gasteiger partial charge is 0.287 e. The number of benzene rings is 3. The first-order chi connectivity index (χ1) is 15.9. The topological polar surface area (TPSA) is 47.8 Å². The second kappa shape index (κ2) is 9.48. The minimum atomic E-state index is -4.51. The minimum Gasteiger partial charge on any atom is -0.287 e. The molecule has 164 valence electrons. The van der Waals surface area contributed by atoms with Crippen LogP contribution in [0.1, 0.15) is 32.9 Å². The van der Waals surface area contributed by atoms with Crippen LogP contribution in [0.5, 0.6) is 0 Å². The minimum absolute atomic E-state index is 0.0340. The van der Waals surface area contributed by atoms with Crippen molar-refractivity contribution in [3.63, 3.8) is 0 Å². The van der Waals surface area contributed by atoms with Gasteiger partial charge in [-0.1, -0.05) is 84.1 Å². The standard InChI is InChI=1S/C26H18F3N3O/c27-26(28,29)21-12-7-13-22(18-21)32-23(16-14-19-8-3-1-4-9-19)25(30-31-32)24(33)17-15-20-10-5-2-6-11-20/h1-18H/b16-14+,17-15+. The van der Waals surface area contributed by atoms with E-state index >= 15 is 0 Å². The maximum atomic E-state index is 13.2. The fraction of sp³-hybridized carbons (Fsp3) is 0.0385. The predicted molar refractivity (Wildman–Crippen MR) is 122 cm³/mol. The highest BCUT2D eigenvalue weighted by molar-refractivity contribution is 6.07. The van der Waals surface area contributed by atoms with Crippen molar-refractivity contribution in [1.29, 1.82) is 0 Å². The number of allylic oxidation sites excluding steroid dienone is 1. The van der Waals surface area contributed by atoms with Crippen LogP contribution in [0.25, 0.3) is 23.9 Å². The molecule has 1 heterocycles. The quantitative estimate of drug-likeness (QED) is 0.257. The van der Waals surface area contributed by atoms with Crippen LogP contribution in [0.3, 0.4) is 0 Å². The van der Waals surface area contributed by atoms with Crippen LogP contribution in [-0.2, 0) is 6.18 Å². The molecule has 4 nitrogen and oxygen atoms in total. The summed E-state index contributed by atoms with van der Waals surface area (Å²) >= 11 is 0. The zero-order valence-corrected chi connectivity index (χ0v) is 17.3. The molecule has 0 unspecified atom stereocenters. The number of rotatable bonds is 6. The highest BCUT2D eigenvalue weighted by Gasteiger charge is 2.31. The molecule has 4 rings (SSSR count). The molecule has 1 aromatic heterocycles. The summed E-state index contributed by atoms with van der Waals surface area (Å²) in [6, 6.07) is 23.3. The van der Waals surface area contributed by atoms with Crippen LogP contribution in [0, 0.1) is 0 Å². The second-order valence-electron chi connectivity index (χ2n) is 7.14. The van der Waals surface area contributed by atoms with Crippen LogP contribution in [-0.4, -0.2) is 20.8 Å². The number of aromatic nitrogens is 3. The van der Waals surface area contributed by atoms with Gasteiger partial charge < -0.3 is 0 Å². The van der Waals surface area contributed by atoms with Gasteiger partial charge in [-0.3, -0.25) is 4.79 Å². The third-order valence-corrected chi connectivity index (χ3v) is 4.82. The number of hydrogen-bond donors (Lipinski definition) is 0. The predicted octanol–water partition coefficient (Wildman–Crippen LogP) is 6.35. The molecule has 3 aromatic carbocycles. The molecular weight excluding hydrogens is 427 g/mol. The Morgan fingerprint density at radius 2 is 1.42 bits per heavy atom. The summed E-state index contributed by atoms with van der Waals surface area (Å²) in [5, 5.41) is 7.98. The average Bonchev–Trinajstić information content (AvgIpc) is 3.26. The van der Waals surface area contributed by atoms with Crippen molar-refractivity contribution < 1.29 is 18.0 Å². The third-order valence-electron chi connectivity index (χ3n) is 4.82. The van der Waals surface area contributed by atoms with E-state index in [0.29, 0.717) is 0 Å². The van der Waals surface area contributed by atoms with Gasteiger partial charge in [-0.05, 0) is 41.5 Å². The van der Waals surface area contributed by atoms with Crippen LogP contribution in [0.15, 0.2) is 91.0 Å². The molecule has 0 fully saturated rings. The number of alkyl halides is 3. The number of ketones is 1. The van der Waals surface area contributed by atoms with Gasteiger partial charge in [-0.25, -0.2) is 4.68 Å². The third kappa shape index (κ3) is 5.33. The zero-order valence-electron chi connectivity index (χ0n) is 17.3. The van der Waals surface area contributed by atoms with Crippen molar-refractivity contribution >= 4 is 24.0 Å². The Morgan fingerprint density at radius 1 is 0.788 bits per heavy atom. The first-order valence-electron chi connectivity index (χ1n) is 10.1. The zero-order chi connectivity index (χ0) is 23.3. The van der Waals surface area contributed by atoms with Crippen LogP contribution >= 0.6 is 0 Å². The Hall–Kier alpha value is -4.26. The van der Waals surface area contributed by atoms with E-state index in [2.05, 4.69) is 10.3 Å². The van der Waals surface area contributed by atoms with Crippen molar-refractivity contribution in [3.8, 4) is 5.69 Å². The average molecular weight is 445 g/mol. The van der Waals surface area contributed by atoms with E-state index in [1.807, 2.05) is 60.7 Å². The van der Waals surface area contributed by atoms with Gasteiger partial charge in [0, 0.05) is 0 Å². The molecule has 0 amide bonds. The summed E-state index contributed by atoms with van der Waals surface area (Å²) in [6.07, 6.45) is 1.89. The number of halogens is 3. The van der Waals surface area contributed by atoms with Crippen molar-refractivity contribution in [1.82, 2.24) is 15.0 Å². The number of carbonyl (C=O) groups excluding carboxylic acids is 1. The lowest BCUT2D eigenvalue weighted by Gasteiger charge is -2.09. The highest BCUT2D eigenvalue weighted by Crippen LogP contribution is 2.30. The van der Waals surface area contributed by atoms with Crippen molar-refractivity contribution in [3.05, 3.63) is 119 Å². The molecule has 0 bridgehead atoms. The molecule has 0 radical (unpaired) electrons.